The number of nitrogens with one attached hydrogen (secondary N) is 1. The molecule has 1 heterocycles. The summed E-state index contributed by atoms with van der Waals surface area (Å²) < 4.78 is 13.7. The monoisotopic (exact) mass is 290 g/mol. The molecule has 0 fully saturated rings. The van der Waals surface area contributed by atoms with E-state index in [1.807, 2.05) is 5.38 Å². The maximum absolute atomic E-state index is 13.7. The molecular formula is C14H11FN2O2S. The molecule has 2 N–H and O–H groups in total. The summed E-state index contributed by atoms with van der Waals surface area (Å²) in [6, 6.07) is 4.02. The van der Waals surface area contributed by atoms with Crippen molar-refractivity contribution in [1.29, 1.82) is 0 Å². The first-order valence-electron chi connectivity index (χ1n) is 5.76. The number of nitrogens with zero attached hydrogens (tertiary/aromatic N) is 1. The third-order valence-electron chi connectivity index (χ3n) is 2.42. The Kier molecular flexibility index (Phi) is 4.82. The molecule has 0 radical (unpaired) electrons. The van der Waals surface area contributed by atoms with Gasteiger partial charge in [0.05, 0.1) is 12.1 Å². The number of carbonyl (C=O) groups excluding carboxylic acids is 1. The number of hydrogen-bond acceptors (Lipinski definition) is 4. The van der Waals surface area contributed by atoms with Crippen LogP contribution in [0.1, 0.15) is 20.9 Å². The summed E-state index contributed by atoms with van der Waals surface area (Å²) >= 11 is 1.43. The highest BCUT2D eigenvalue weighted by Crippen LogP contribution is 2.10. The largest absolute Gasteiger partial charge is 0.384 e. The Balaban J connectivity index is 2.05. The van der Waals surface area contributed by atoms with Crippen LogP contribution in [-0.2, 0) is 6.54 Å². The standard InChI is InChI=1S/C14H11FN2O2S/c15-12-8-11(4-3-10(12)2-1-6-18)14(19)17-9-13-16-5-7-20-13/h3-5,7-8,18H,6,9H2,(H,17,19). The zero-order chi connectivity index (χ0) is 14.4. The maximum atomic E-state index is 13.7. The smallest absolute Gasteiger partial charge is 0.251 e. The zero-order valence-corrected chi connectivity index (χ0v) is 11.2. The van der Waals surface area contributed by atoms with Gasteiger partial charge in [0.15, 0.2) is 0 Å². The second-order valence-corrected chi connectivity index (χ2v) is 4.74. The van der Waals surface area contributed by atoms with E-state index in [2.05, 4.69) is 22.1 Å². The van der Waals surface area contributed by atoms with Crippen molar-refractivity contribution >= 4 is 17.2 Å². The number of benzene rings is 1. The Morgan fingerprint density at radius 1 is 1.50 bits per heavy atom. The van der Waals surface area contributed by atoms with Crippen molar-refractivity contribution in [2.45, 2.75) is 6.54 Å². The number of hydrogen-bond donors (Lipinski definition) is 2. The first-order valence-corrected chi connectivity index (χ1v) is 6.64. The minimum Gasteiger partial charge on any atom is -0.384 e. The van der Waals surface area contributed by atoms with E-state index in [0.29, 0.717) is 6.54 Å². The molecule has 1 aromatic heterocycles. The minimum absolute atomic E-state index is 0.149. The van der Waals surface area contributed by atoms with Crippen molar-refractivity contribution in [3.63, 3.8) is 0 Å². The third kappa shape index (κ3) is 3.63. The van der Waals surface area contributed by atoms with Gasteiger partial charge in [-0.25, -0.2) is 9.37 Å². The number of rotatable bonds is 3. The fourth-order valence-electron chi connectivity index (χ4n) is 1.49. The number of amides is 1. The van der Waals surface area contributed by atoms with Gasteiger partial charge in [-0.05, 0) is 18.2 Å². The van der Waals surface area contributed by atoms with Gasteiger partial charge in [0.25, 0.3) is 5.91 Å². The fraction of sp³-hybridized carbons (Fsp3) is 0.143. The average Bonchev–Trinajstić information content (AvgIpc) is 2.96. The van der Waals surface area contributed by atoms with Crippen molar-refractivity contribution in [3.8, 4) is 11.8 Å². The molecule has 2 aromatic rings. The number of thiazole rings is 1. The lowest BCUT2D eigenvalue weighted by Gasteiger charge is -2.04. The van der Waals surface area contributed by atoms with Crippen molar-refractivity contribution in [3.05, 3.63) is 51.7 Å². The lowest BCUT2D eigenvalue weighted by Crippen LogP contribution is -2.22. The molecule has 0 aliphatic heterocycles. The molecule has 4 nitrogen and oxygen atoms in total. The SMILES string of the molecule is O=C(NCc1nccs1)c1ccc(C#CCO)c(F)c1. The summed E-state index contributed by atoms with van der Waals surface area (Å²) in [5, 5.41) is 13.8. The van der Waals surface area contributed by atoms with Gasteiger partial charge in [0, 0.05) is 17.1 Å². The second-order valence-electron chi connectivity index (χ2n) is 3.76. The van der Waals surface area contributed by atoms with Crippen LogP contribution in [0.15, 0.2) is 29.8 Å². The van der Waals surface area contributed by atoms with Crippen LogP contribution >= 0.6 is 11.3 Å². The minimum atomic E-state index is -0.590. The van der Waals surface area contributed by atoms with Crippen molar-refractivity contribution < 1.29 is 14.3 Å². The van der Waals surface area contributed by atoms with Crippen LogP contribution in [0.3, 0.4) is 0 Å². The van der Waals surface area contributed by atoms with Gasteiger partial charge in [0.1, 0.15) is 17.4 Å². The lowest BCUT2D eigenvalue weighted by atomic mass is 10.1. The number of aliphatic hydroxyl groups excluding tert-OH is 1. The molecule has 0 unspecified atom stereocenters. The Morgan fingerprint density at radius 2 is 2.35 bits per heavy atom. The van der Waals surface area contributed by atoms with Crippen LogP contribution in [0.4, 0.5) is 4.39 Å². The van der Waals surface area contributed by atoms with E-state index in [4.69, 9.17) is 5.11 Å². The molecule has 2 rings (SSSR count). The summed E-state index contributed by atoms with van der Waals surface area (Å²) in [5.74, 6) is 3.86. The molecule has 20 heavy (non-hydrogen) atoms. The number of aliphatic hydroxyl groups is 1. The summed E-state index contributed by atoms with van der Waals surface area (Å²) in [6.45, 7) is -0.0281. The van der Waals surface area contributed by atoms with Gasteiger partial charge in [-0.15, -0.1) is 11.3 Å². The van der Waals surface area contributed by atoms with Gasteiger partial charge in [-0.3, -0.25) is 4.79 Å². The molecule has 0 saturated heterocycles. The predicted molar refractivity (Wildman–Crippen MR) is 73.6 cm³/mol. The summed E-state index contributed by atoms with van der Waals surface area (Å²) in [7, 11) is 0. The van der Waals surface area contributed by atoms with Crippen molar-refractivity contribution in [1.82, 2.24) is 10.3 Å². The topological polar surface area (TPSA) is 62.2 Å². The van der Waals surface area contributed by atoms with Crippen molar-refractivity contribution in [2.24, 2.45) is 0 Å². The van der Waals surface area contributed by atoms with Crippen LogP contribution in [-0.4, -0.2) is 22.6 Å². The molecule has 0 aliphatic rings. The Hall–Kier alpha value is -2.23. The van der Waals surface area contributed by atoms with Crippen LogP contribution < -0.4 is 5.32 Å². The van der Waals surface area contributed by atoms with Gasteiger partial charge in [-0.1, -0.05) is 11.8 Å². The molecule has 102 valence electrons. The highest BCUT2D eigenvalue weighted by molar-refractivity contribution is 7.09. The van der Waals surface area contributed by atoms with Crippen molar-refractivity contribution in [2.75, 3.05) is 6.61 Å². The van der Waals surface area contributed by atoms with Crippen LogP contribution in [0.5, 0.6) is 0 Å². The normalized spacial score (nSPS) is 9.70. The third-order valence-corrected chi connectivity index (χ3v) is 3.20. The fourth-order valence-corrected chi connectivity index (χ4v) is 2.05. The second kappa shape index (κ2) is 6.80. The Morgan fingerprint density at radius 3 is 3.00 bits per heavy atom. The van der Waals surface area contributed by atoms with Gasteiger partial charge >= 0.3 is 0 Å². The number of aromatic nitrogens is 1. The van der Waals surface area contributed by atoms with E-state index < -0.39 is 5.82 Å². The van der Waals surface area contributed by atoms with Crippen LogP contribution in [0.25, 0.3) is 0 Å². The molecule has 0 spiro atoms. The summed E-state index contributed by atoms with van der Waals surface area (Å²) in [6.07, 6.45) is 1.65. The lowest BCUT2D eigenvalue weighted by molar-refractivity contribution is 0.0950. The summed E-state index contributed by atoms with van der Waals surface area (Å²) in [5.41, 5.74) is 0.365. The van der Waals surface area contributed by atoms with E-state index in [1.165, 1.54) is 23.5 Å². The maximum Gasteiger partial charge on any atom is 0.251 e. The average molecular weight is 290 g/mol. The highest BCUT2D eigenvalue weighted by atomic mass is 32.1. The predicted octanol–water partition coefficient (Wildman–Crippen LogP) is 1.56. The van der Waals surface area contributed by atoms with Crippen LogP contribution in [0, 0.1) is 17.7 Å². The number of halogens is 1. The molecule has 0 bridgehead atoms. The molecule has 1 amide bonds. The highest BCUT2D eigenvalue weighted by Gasteiger charge is 2.09. The molecule has 0 aliphatic carbocycles. The first kappa shape index (κ1) is 14.2. The molecule has 6 heteroatoms. The van der Waals surface area contributed by atoms with Gasteiger partial charge in [0.2, 0.25) is 0 Å². The molecule has 0 saturated carbocycles. The zero-order valence-electron chi connectivity index (χ0n) is 10.4. The van der Waals surface area contributed by atoms with Gasteiger partial charge < -0.3 is 10.4 Å². The van der Waals surface area contributed by atoms with Crippen LogP contribution in [0.2, 0.25) is 0 Å². The van der Waals surface area contributed by atoms with Gasteiger partial charge in [-0.2, -0.15) is 0 Å². The van der Waals surface area contributed by atoms with E-state index in [1.54, 1.807) is 6.20 Å². The molecule has 1 aromatic carbocycles. The quantitative estimate of drug-likeness (QED) is 0.843. The molecular weight excluding hydrogens is 279 g/mol. The first-order chi connectivity index (χ1) is 9.70. The Bertz CT molecular complexity index is 660. The Labute approximate surface area is 119 Å². The summed E-state index contributed by atoms with van der Waals surface area (Å²) in [4.78, 5) is 15.9. The number of carbonyl (C=O) groups is 1. The molecule has 0 atom stereocenters. The van der Waals surface area contributed by atoms with E-state index in [9.17, 15) is 9.18 Å². The van der Waals surface area contributed by atoms with E-state index >= 15 is 0 Å². The van der Waals surface area contributed by atoms with E-state index in [0.717, 1.165) is 11.1 Å². The van der Waals surface area contributed by atoms with E-state index in [-0.39, 0.29) is 23.6 Å².